The number of ether oxygens (including phenoxy) is 1. The van der Waals surface area contributed by atoms with Gasteiger partial charge in [-0.2, -0.15) is 0 Å². The summed E-state index contributed by atoms with van der Waals surface area (Å²) in [6, 6.07) is 10.7. The van der Waals surface area contributed by atoms with Crippen LogP contribution in [0, 0.1) is 0 Å². The van der Waals surface area contributed by atoms with Crippen LogP contribution in [-0.2, 0) is 0 Å². The Bertz CT molecular complexity index is 698. The first-order valence-electron chi connectivity index (χ1n) is 6.58. The van der Waals surface area contributed by atoms with E-state index in [2.05, 4.69) is 5.32 Å². The van der Waals surface area contributed by atoms with Crippen LogP contribution in [0.5, 0.6) is 5.75 Å². The van der Waals surface area contributed by atoms with Crippen LogP contribution in [0.25, 0.3) is 0 Å². The van der Waals surface area contributed by atoms with Gasteiger partial charge in [0.15, 0.2) is 0 Å². The average molecular weight is 320 g/mol. The van der Waals surface area contributed by atoms with Crippen molar-refractivity contribution >= 4 is 29.2 Å². The van der Waals surface area contributed by atoms with Gasteiger partial charge in [-0.05, 0) is 49.4 Å². The van der Waals surface area contributed by atoms with E-state index in [4.69, 9.17) is 21.4 Å². The molecule has 0 bridgehead atoms. The highest BCUT2D eigenvalue weighted by Crippen LogP contribution is 2.25. The van der Waals surface area contributed by atoms with E-state index in [1.54, 1.807) is 12.1 Å². The number of anilines is 1. The van der Waals surface area contributed by atoms with Crippen LogP contribution in [0.4, 0.5) is 5.69 Å². The molecule has 0 radical (unpaired) electrons. The zero-order valence-corrected chi connectivity index (χ0v) is 12.6. The number of carboxylic acids is 1. The molecule has 1 amide bonds. The quantitative estimate of drug-likeness (QED) is 0.881. The highest BCUT2D eigenvalue weighted by molar-refractivity contribution is 6.32. The van der Waals surface area contributed by atoms with Crippen molar-refractivity contribution in [2.24, 2.45) is 0 Å². The standard InChI is InChI=1S/C16H14ClNO4/c1-2-22-14-8-5-11(9-13(14)17)15(19)18-12-6-3-10(4-7-12)16(20)21/h3-9H,2H2,1H3,(H,18,19)(H,20,21). The van der Waals surface area contributed by atoms with Gasteiger partial charge in [0.05, 0.1) is 17.2 Å². The molecule has 0 fully saturated rings. The minimum absolute atomic E-state index is 0.155. The Morgan fingerprint density at radius 2 is 1.77 bits per heavy atom. The van der Waals surface area contributed by atoms with Crippen molar-refractivity contribution in [1.82, 2.24) is 0 Å². The molecule has 0 saturated heterocycles. The molecule has 6 heteroatoms. The fourth-order valence-electron chi connectivity index (χ4n) is 1.81. The summed E-state index contributed by atoms with van der Waals surface area (Å²) in [6.45, 7) is 2.33. The van der Waals surface area contributed by atoms with Gasteiger partial charge < -0.3 is 15.2 Å². The van der Waals surface area contributed by atoms with Crippen molar-refractivity contribution in [3.63, 3.8) is 0 Å². The molecule has 0 spiro atoms. The third kappa shape index (κ3) is 3.77. The zero-order chi connectivity index (χ0) is 16.1. The summed E-state index contributed by atoms with van der Waals surface area (Å²) < 4.78 is 5.31. The minimum atomic E-state index is -1.02. The van der Waals surface area contributed by atoms with Gasteiger partial charge in [-0.15, -0.1) is 0 Å². The molecular weight excluding hydrogens is 306 g/mol. The fourth-order valence-corrected chi connectivity index (χ4v) is 2.05. The summed E-state index contributed by atoms with van der Waals surface area (Å²) >= 11 is 6.04. The van der Waals surface area contributed by atoms with Crippen molar-refractivity contribution in [2.75, 3.05) is 11.9 Å². The lowest BCUT2D eigenvalue weighted by Crippen LogP contribution is -2.12. The van der Waals surface area contributed by atoms with E-state index in [1.165, 1.54) is 30.3 Å². The summed E-state index contributed by atoms with van der Waals surface area (Å²) in [4.78, 5) is 22.9. The maximum absolute atomic E-state index is 12.1. The van der Waals surface area contributed by atoms with Crippen LogP contribution in [-0.4, -0.2) is 23.6 Å². The maximum atomic E-state index is 12.1. The maximum Gasteiger partial charge on any atom is 0.335 e. The van der Waals surface area contributed by atoms with E-state index < -0.39 is 5.97 Å². The molecule has 0 aromatic heterocycles. The topological polar surface area (TPSA) is 75.6 Å². The number of rotatable bonds is 5. The summed E-state index contributed by atoms with van der Waals surface area (Å²) in [5.74, 6) is -0.837. The number of nitrogens with one attached hydrogen (secondary N) is 1. The van der Waals surface area contributed by atoms with Gasteiger partial charge in [0.25, 0.3) is 5.91 Å². The lowest BCUT2D eigenvalue weighted by atomic mass is 10.1. The molecule has 2 aromatic carbocycles. The number of carboxylic acid groups (broad SMARTS) is 1. The lowest BCUT2D eigenvalue weighted by Gasteiger charge is -2.09. The Balaban J connectivity index is 2.11. The normalized spacial score (nSPS) is 10.1. The van der Waals surface area contributed by atoms with Gasteiger partial charge in [0.1, 0.15) is 5.75 Å². The lowest BCUT2D eigenvalue weighted by molar-refractivity contribution is 0.0696. The van der Waals surface area contributed by atoms with E-state index in [0.29, 0.717) is 28.6 Å². The van der Waals surface area contributed by atoms with Crippen LogP contribution >= 0.6 is 11.6 Å². The SMILES string of the molecule is CCOc1ccc(C(=O)Nc2ccc(C(=O)O)cc2)cc1Cl. The van der Waals surface area contributed by atoms with Crippen molar-refractivity contribution in [2.45, 2.75) is 6.92 Å². The molecule has 2 N–H and O–H groups in total. The Labute approximate surface area is 132 Å². The van der Waals surface area contributed by atoms with Gasteiger partial charge in [-0.3, -0.25) is 4.79 Å². The third-order valence-corrected chi connectivity index (χ3v) is 3.18. The minimum Gasteiger partial charge on any atom is -0.492 e. The monoisotopic (exact) mass is 319 g/mol. The van der Waals surface area contributed by atoms with E-state index in [9.17, 15) is 9.59 Å². The molecule has 2 aromatic rings. The number of hydrogen-bond donors (Lipinski definition) is 2. The van der Waals surface area contributed by atoms with Gasteiger partial charge >= 0.3 is 5.97 Å². The fraction of sp³-hybridized carbons (Fsp3) is 0.125. The van der Waals surface area contributed by atoms with Gasteiger partial charge in [-0.1, -0.05) is 11.6 Å². The van der Waals surface area contributed by atoms with Crippen LogP contribution in [0.3, 0.4) is 0 Å². The van der Waals surface area contributed by atoms with Crippen molar-refractivity contribution in [3.05, 3.63) is 58.6 Å². The Morgan fingerprint density at radius 3 is 2.32 bits per heavy atom. The second-order valence-corrected chi connectivity index (χ2v) is 4.82. The molecule has 2 rings (SSSR count). The molecule has 0 aliphatic carbocycles. The van der Waals surface area contributed by atoms with Crippen LogP contribution < -0.4 is 10.1 Å². The predicted octanol–water partition coefficient (Wildman–Crippen LogP) is 3.69. The molecule has 0 unspecified atom stereocenters. The van der Waals surface area contributed by atoms with Crippen molar-refractivity contribution < 1.29 is 19.4 Å². The number of carbonyl (C=O) groups excluding carboxylic acids is 1. The van der Waals surface area contributed by atoms with E-state index in [0.717, 1.165) is 0 Å². The molecular formula is C16H14ClNO4. The first-order chi connectivity index (χ1) is 10.5. The largest absolute Gasteiger partial charge is 0.492 e. The predicted molar refractivity (Wildman–Crippen MR) is 84.0 cm³/mol. The summed E-state index contributed by atoms with van der Waals surface area (Å²) in [5, 5.41) is 11.9. The van der Waals surface area contributed by atoms with Crippen molar-refractivity contribution in [1.29, 1.82) is 0 Å². The molecule has 0 aliphatic rings. The summed E-state index contributed by atoms with van der Waals surface area (Å²) in [6.07, 6.45) is 0. The smallest absolute Gasteiger partial charge is 0.335 e. The summed E-state index contributed by atoms with van der Waals surface area (Å²) in [7, 11) is 0. The van der Waals surface area contributed by atoms with E-state index in [1.807, 2.05) is 6.92 Å². The highest BCUT2D eigenvalue weighted by Gasteiger charge is 2.10. The number of carbonyl (C=O) groups is 2. The van der Waals surface area contributed by atoms with Crippen molar-refractivity contribution in [3.8, 4) is 5.75 Å². The number of benzene rings is 2. The van der Waals surface area contributed by atoms with Gasteiger partial charge in [0, 0.05) is 11.3 Å². The number of amides is 1. The van der Waals surface area contributed by atoms with Crippen LogP contribution in [0.2, 0.25) is 5.02 Å². The van der Waals surface area contributed by atoms with Crippen LogP contribution in [0.15, 0.2) is 42.5 Å². The second-order valence-electron chi connectivity index (χ2n) is 4.41. The highest BCUT2D eigenvalue weighted by atomic mass is 35.5. The second kappa shape index (κ2) is 6.95. The molecule has 114 valence electrons. The third-order valence-electron chi connectivity index (χ3n) is 2.88. The molecule has 0 saturated carbocycles. The Morgan fingerprint density at radius 1 is 1.14 bits per heavy atom. The number of halogens is 1. The summed E-state index contributed by atoms with van der Waals surface area (Å²) in [5.41, 5.74) is 1.04. The molecule has 0 heterocycles. The Kier molecular flexibility index (Phi) is 5.01. The molecule has 0 atom stereocenters. The first kappa shape index (κ1) is 15.9. The molecule has 0 aliphatic heterocycles. The number of aromatic carboxylic acids is 1. The van der Waals surface area contributed by atoms with E-state index >= 15 is 0 Å². The first-order valence-corrected chi connectivity index (χ1v) is 6.96. The van der Waals surface area contributed by atoms with Crippen LogP contribution in [0.1, 0.15) is 27.6 Å². The Hall–Kier alpha value is -2.53. The average Bonchev–Trinajstić information content (AvgIpc) is 2.50. The number of hydrogen-bond acceptors (Lipinski definition) is 3. The van der Waals surface area contributed by atoms with Gasteiger partial charge in [-0.25, -0.2) is 4.79 Å². The molecule has 5 nitrogen and oxygen atoms in total. The van der Waals surface area contributed by atoms with Gasteiger partial charge in [0.2, 0.25) is 0 Å². The van der Waals surface area contributed by atoms with E-state index in [-0.39, 0.29) is 11.5 Å². The zero-order valence-electron chi connectivity index (χ0n) is 11.8. The molecule has 22 heavy (non-hydrogen) atoms.